The molecule has 2 aromatic carbocycles. The first-order chi connectivity index (χ1) is 10.6. The molecule has 108 valence electrons. The molecular weight excluding hydrogens is 286 g/mol. The Hall–Kier alpha value is -3.40. The third-order valence-corrected chi connectivity index (χ3v) is 3.29. The number of nitro benzene ring substituents is 1. The highest BCUT2D eigenvalue weighted by atomic mass is 16.6. The van der Waals surface area contributed by atoms with E-state index in [1.54, 1.807) is 24.3 Å². The standard InChI is InChI=1S/C15H9N3O4/c16-8-10-1-3-11(4-2-10)9-17-13-7-12(18(20)21)5-6-14(13)22-15(17)19/h1-7H,9H2. The van der Waals surface area contributed by atoms with Crippen molar-refractivity contribution >= 4 is 16.8 Å². The quantitative estimate of drug-likeness (QED) is 0.545. The summed E-state index contributed by atoms with van der Waals surface area (Å²) in [6, 6.07) is 12.8. The maximum absolute atomic E-state index is 11.9. The lowest BCUT2D eigenvalue weighted by Crippen LogP contribution is -2.14. The van der Waals surface area contributed by atoms with Crippen molar-refractivity contribution < 1.29 is 9.34 Å². The third-order valence-electron chi connectivity index (χ3n) is 3.29. The molecule has 3 rings (SSSR count). The number of nitrogens with zero attached hydrogens (tertiary/aromatic N) is 3. The first-order valence-corrected chi connectivity index (χ1v) is 6.35. The minimum absolute atomic E-state index is 0.109. The van der Waals surface area contributed by atoms with E-state index in [2.05, 4.69) is 0 Å². The zero-order valence-electron chi connectivity index (χ0n) is 11.2. The fourth-order valence-electron chi connectivity index (χ4n) is 2.18. The number of nitro groups is 1. The van der Waals surface area contributed by atoms with E-state index in [0.717, 1.165) is 5.56 Å². The maximum Gasteiger partial charge on any atom is 0.420 e. The second kappa shape index (κ2) is 5.18. The van der Waals surface area contributed by atoms with E-state index >= 15 is 0 Å². The first-order valence-electron chi connectivity index (χ1n) is 6.35. The molecular formula is C15H9N3O4. The molecule has 0 N–H and O–H groups in total. The van der Waals surface area contributed by atoms with Gasteiger partial charge in [-0.3, -0.25) is 14.7 Å². The Morgan fingerprint density at radius 1 is 1.23 bits per heavy atom. The van der Waals surface area contributed by atoms with E-state index in [1.165, 1.54) is 22.8 Å². The van der Waals surface area contributed by atoms with Gasteiger partial charge >= 0.3 is 5.76 Å². The lowest BCUT2D eigenvalue weighted by Gasteiger charge is -2.02. The summed E-state index contributed by atoms with van der Waals surface area (Å²) in [6.45, 7) is 0.207. The molecule has 0 spiro atoms. The predicted molar refractivity (Wildman–Crippen MR) is 77.4 cm³/mol. The number of nitriles is 1. The molecule has 1 aromatic heterocycles. The smallest absolute Gasteiger partial charge is 0.408 e. The van der Waals surface area contributed by atoms with Crippen LogP contribution in [0.2, 0.25) is 0 Å². The van der Waals surface area contributed by atoms with Crippen molar-refractivity contribution in [1.29, 1.82) is 5.26 Å². The van der Waals surface area contributed by atoms with E-state index in [4.69, 9.17) is 9.68 Å². The van der Waals surface area contributed by atoms with Gasteiger partial charge in [-0.2, -0.15) is 5.26 Å². The molecule has 0 aliphatic heterocycles. The predicted octanol–water partition coefficient (Wildman–Crippen LogP) is 2.42. The number of aromatic nitrogens is 1. The average molecular weight is 295 g/mol. The van der Waals surface area contributed by atoms with Crippen LogP contribution in [0.5, 0.6) is 0 Å². The van der Waals surface area contributed by atoms with Crippen LogP contribution in [0.1, 0.15) is 11.1 Å². The van der Waals surface area contributed by atoms with Crippen LogP contribution in [0.15, 0.2) is 51.7 Å². The molecule has 0 aliphatic carbocycles. The molecule has 0 fully saturated rings. The number of benzene rings is 2. The molecule has 0 bridgehead atoms. The van der Waals surface area contributed by atoms with Gasteiger partial charge in [-0.1, -0.05) is 12.1 Å². The Morgan fingerprint density at radius 2 is 1.95 bits per heavy atom. The Bertz CT molecular complexity index is 961. The molecule has 0 saturated carbocycles. The van der Waals surface area contributed by atoms with Crippen molar-refractivity contribution in [2.75, 3.05) is 0 Å². The van der Waals surface area contributed by atoms with E-state index in [1.807, 2.05) is 6.07 Å². The number of oxazole rings is 1. The summed E-state index contributed by atoms with van der Waals surface area (Å²) in [5.41, 5.74) is 1.86. The van der Waals surface area contributed by atoms with Gasteiger partial charge in [0.25, 0.3) is 5.69 Å². The van der Waals surface area contributed by atoms with Crippen molar-refractivity contribution in [2.45, 2.75) is 6.54 Å². The highest BCUT2D eigenvalue weighted by Gasteiger charge is 2.14. The minimum atomic E-state index is -0.583. The number of hydrogen-bond donors (Lipinski definition) is 0. The molecule has 0 unspecified atom stereocenters. The van der Waals surface area contributed by atoms with E-state index < -0.39 is 10.7 Å². The summed E-state index contributed by atoms with van der Waals surface area (Å²) in [5, 5.41) is 19.6. The second-order valence-electron chi connectivity index (χ2n) is 4.67. The van der Waals surface area contributed by atoms with Gasteiger partial charge < -0.3 is 4.42 Å². The molecule has 7 nitrogen and oxygen atoms in total. The normalized spacial score (nSPS) is 10.5. The highest BCUT2D eigenvalue weighted by Crippen LogP contribution is 2.20. The van der Waals surface area contributed by atoms with Gasteiger partial charge in [-0.05, 0) is 23.8 Å². The molecule has 1 heterocycles. The summed E-state index contributed by atoms with van der Waals surface area (Å²) in [5.74, 6) is -0.583. The average Bonchev–Trinajstić information content (AvgIpc) is 2.83. The van der Waals surface area contributed by atoms with Crippen molar-refractivity contribution in [2.24, 2.45) is 0 Å². The minimum Gasteiger partial charge on any atom is -0.408 e. The number of non-ortho nitro benzene ring substituents is 1. The number of fused-ring (bicyclic) bond motifs is 1. The summed E-state index contributed by atoms with van der Waals surface area (Å²) in [4.78, 5) is 22.2. The molecule has 3 aromatic rings. The summed E-state index contributed by atoms with van der Waals surface area (Å²) < 4.78 is 6.41. The topological polar surface area (TPSA) is 102 Å². The summed E-state index contributed by atoms with van der Waals surface area (Å²) in [7, 11) is 0. The SMILES string of the molecule is N#Cc1ccc(Cn2c(=O)oc3ccc([N+](=O)[O-])cc32)cc1. The molecule has 0 amide bonds. The van der Waals surface area contributed by atoms with Gasteiger partial charge in [0.15, 0.2) is 5.58 Å². The lowest BCUT2D eigenvalue weighted by atomic mass is 10.1. The van der Waals surface area contributed by atoms with Crippen LogP contribution < -0.4 is 5.76 Å². The molecule has 0 atom stereocenters. The highest BCUT2D eigenvalue weighted by molar-refractivity contribution is 5.76. The van der Waals surface area contributed by atoms with Gasteiger partial charge in [-0.15, -0.1) is 0 Å². The second-order valence-corrected chi connectivity index (χ2v) is 4.67. The fraction of sp³-hybridized carbons (Fsp3) is 0.0667. The van der Waals surface area contributed by atoms with Crippen molar-refractivity contribution in [3.05, 3.63) is 74.3 Å². The van der Waals surface area contributed by atoms with E-state index in [-0.39, 0.29) is 12.2 Å². The fourth-order valence-corrected chi connectivity index (χ4v) is 2.18. The molecule has 22 heavy (non-hydrogen) atoms. The van der Waals surface area contributed by atoms with Crippen LogP contribution in [-0.4, -0.2) is 9.49 Å². The first kappa shape index (κ1) is 13.6. The zero-order chi connectivity index (χ0) is 15.7. The van der Waals surface area contributed by atoms with Gasteiger partial charge in [0, 0.05) is 12.1 Å². The molecule has 7 heteroatoms. The Balaban J connectivity index is 2.07. The summed E-state index contributed by atoms with van der Waals surface area (Å²) >= 11 is 0. The maximum atomic E-state index is 11.9. The number of hydrogen-bond acceptors (Lipinski definition) is 5. The molecule has 0 aliphatic rings. The lowest BCUT2D eigenvalue weighted by molar-refractivity contribution is -0.384. The van der Waals surface area contributed by atoms with Gasteiger partial charge in [0.2, 0.25) is 0 Å². The van der Waals surface area contributed by atoms with Crippen LogP contribution >= 0.6 is 0 Å². The van der Waals surface area contributed by atoms with Crippen molar-refractivity contribution in [1.82, 2.24) is 4.57 Å². The molecule has 0 radical (unpaired) electrons. The van der Waals surface area contributed by atoms with Crippen LogP contribution in [0.25, 0.3) is 11.1 Å². The van der Waals surface area contributed by atoms with Gasteiger partial charge in [-0.25, -0.2) is 4.79 Å². The Labute approximate surface area is 123 Å². The zero-order valence-corrected chi connectivity index (χ0v) is 11.2. The monoisotopic (exact) mass is 295 g/mol. The largest absolute Gasteiger partial charge is 0.420 e. The van der Waals surface area contributed by atoms with Gasteiger partial charge in [0.05, 0.1) is 28.6 Å². The van der Waals surface area contributed by atoms with Crippen LogP contribution in [0.3, 0.4) is 0 Å². The van der Waals surface area contributed by atoms with Crippen molar-refractivity contribution in [3.8, 4) is 6.07 Å². The van der Waals surface area contributed by atoms with E-state index in [9.17, 15) is 14.9 Å². The molecule has 0 saturated heterocycles. The van der Waals surface area contributed by atoms with Crippen LogP contribution in [0.4, 0.5) is 5.69 Å². The Kier molecular flexibility index (Phi) is 3.20. The van der Waals surface area contributed by atoms with Crippen molar-refractivity contribution in [3.63, 3.8) is 0 Å². The van der Waals surface area contributed by atoms with Gasteiger partial charge in [0.1, 0.15) is 0 Å². The number of rotatable bonds is 3. The van der Waals surface area contributed by atoms with Crippen LogP contribution in [0, 0.1) is 21.4 Å². The summed E-state index contributed by atoms with van der Waals surface area (Å²) in [6.07, 6.45) is 0. The van der Waals surface area contributed by atoms with E-state index in [0.29, 0.717) is 16.7 Å². The van der Waals surface area contributed by atoms with Crippen LogP contribution in [-0.2, 0) is 6.54 Å². The third kappa shape index (κ3) is 2.33. The Morgan fingerprint density at radius 3 is 2.59 bits per heavy atom.